The van der Waals surface area contributed by atoms with Crippen LogP contribution in [-0.2, 0) is 13.1 Å². The Morgan fingerprint density at radius 1 is 0.914 bits per heavy atom. The molecular weight excluding hydrogens is 499 g/mol. The fourth-order valence-corrected chi connectivity index (χ4v) is 3.70. The number of nitrogens with one attached hydrogen (secondary N) is 2. The van der Waals surface area contributed by atoms with Gasteiger partial charge in [-0.25, -0.2) is 8.78 Å². The average molecular weight is 518 g/mol. The minimum atomic E-state index is -0.509. The van der Waals surface area contributed by atoms with E-state index in [0.29, 0.717) is 11.3 Å². The van der Waals surface area contributed by atoms with E-state index >= 15 is 0 Å². The molecule has 4 rings (SSSR count). The van der Waals surface area contributed by atoms with Crippen LogP contribution in [-0.4, -0.2) is 27.8 Å². The van der Waals surface area contributed by atoms with E-state index in [1.165, 1.54) is 31.4 Å². The smallest absolute Gasteiger partial charge is 0.281 e. The molecule has 0 saturated heterocycles. The third-order valence-corrected chi connectivity index (χ3v) is 5.81. The van der Waals surface area contributed by atoms with Gasteiger partial charge in [0.1, 0.15) is 17.4 Å². The van der Waals surface area contributed by atoms with Gasteiger partial charge < -0.3 is 15.4 Å². The Bertz CT molecular complexity index is 1320. The predicted molar refractivity (Wildman–Crippen MR) is 130 cm³/mol. The molecule has 0 unspecified atom stereocenters. The van der Waals surface area contributed by atoms with Gasteiger partial charge in [-0.1, -0.05) is 35.3 Å². The van der Waals surface area contributed by atoms with Crippen molar-refractivity contribution >= 4 is 41.0 Å². The minimum Gasteiger partial charge on any atom is -0.497 e. The van der Waals surface area contributed by atoms with E-state index in [1.807, 2.05) is 0 Å². The van der Waals surface area contributed by atoms with E-state index in [4.69, 9.17) is 27.9 Å². The van der Waals surface area contributed by atoms with E-state index in [2.05, 4.69) is 20.7 Å². The summed E-state index contributed by atoms with van der Waals surface area (Å²) in [4.78, 5) is 17.5. The number of benzene rings is 3. The van der Waals surface area contributed by atoms with Gasteiger partial charge in [0.25, 0.3) is 5.91 Å². The van der Waals surface area contributed by atoms with Gasteiger partial charge in [-0.05, 0) is 48.5 Å². The highest BCUT2D eigenvalue weighted by Gasteiger charge is 2.19. The highest BCUT2D eigenvalue weighted by Crippen LogP contribution is 2.23. The van der Waals surface area contributed by atoms with Crippen LogP contribution in [0.2, 0.25) is 10.0 Å². The third-order valence-electron chi connectivity index (χ3n) is 5.11. The molecule has 4 aromatic rings. The highest BCUT2D eigenvalue weighted by molar-refractivity contribution is 6.31. The van der Waals surface area contributed by atoms with Gasteiger partial charge in [0, 0.05) is 39.8 Å². The van der Waals surface area contributed by atoms with Crippen molar-refractivity contribution in [2.75, 3.05) is 17.7 Å². The molecule has 0 aliphatic rings. The lowest BCUT2D eigenvalue weighted by Gasteiger charge is -2.09. The largest absolute Gasteiger partial charge is 0.497 e. The van der Waals surface area contributed by atoms with Gasteiger partial charge in [0.05, 0.1) is 7.11 Å². The van der Waals surface area contributed by atoms with E-state index < -0.39 is 17.5 Å². The first-order valence-electron chi connectivity index (χ1n) is 10.4. The molecule has 0 fully saturated rings. The SMILES string of the molecule is COc1ccc(C(=O)n2nc(NCc3c(F)cccc3Cl)nc2NCc2c(F)cccc2Cl)cc1. The van der Waals surface area contributed by atoms with Crippen LogP contribution in [0.5, 0.6) is 5.75 Å². The molecule has 0 saturated carbocycles. The number of anilines is 2. The van der Waals surface area contributed by atoms with Gasteiger partial charge in [-0.3, -0.25) is 4.79 Å². The Morgan fingerprint density at radius 3 is 2.03 bits per heavy atom. The Morgan fingerprint density at radius 2 is 1.49 bits per heavy atom. The summed E-state index contributed by atoms with van der Waals surface area (Å²) < 4.78 is 34.5. The number of carbonyl (C=O) groups is 1. The lowest BCUT2D eigenvalue weighted by atomic mass is 10.2. The Kier molecular flexibility index (Phi) is 7.48. The molecule has 1 heterocycles. The molecule has 180 valence electrons. The lowest BCUT2D eigenvalue weighted by molar-refractivity contribution is 0.0947. The zero-order valence-corrected chi connectivity index (χ0v) is 19.9. The summed E-state index contributed by atoms with van der Waals surface area (Å²) in [6.45, 7) is -0.0799. The molecule has 0 atom stereocenters. The molecule has 7 nitrogen and oxygen atoms in total. The maximum Gasteiger partial charge on any atom is 0.281 e. The van der Waals surface area contributed by atoms with Gasteiger partial charge in [0.15, 0.2) is 0 Å². The number of carbonyl (C=O) groups excluding carboxylic acids is 1. The molecule has 0 aliphatic heterocycles. The Hall–Kier alpha value is -3.69. The van der Waals surface area contributed by atoms with Gasteiger partial charge in [-0.15, -0.1) is 5.10 Å². The van der Waals surface area contributed by atoms with Gasteiger partial charge in [0.2, 0.25) is 11.9 Å². The molecule has 2 N–H and O–H groups in total. The standard InChI is InChI=1S/C24H19Cl2F2N5O2/c1-35-15-10-8-14(9-11-15)22(34)33-24(30-13-17-19(26)5-3-7-21(17)28)31-23(32-33)29-12-16-18(25)4-2-6-20(16)27/h2-11H,12-13H2,1H3,(H2,29,30,31,32). The van der Waals surface area contributed by atoms with E-state index in [-0.39, 0.29) is 46.2 Å². The summed E-state index contributed by atoms with van der Waals surface area (Å²) in [6.07, 6.45) is 0. The summed E-state index contributed by atoms with van der Waals surface area (Å²) in [5.41, 5.74) is 0.735. The number of ether oxygens (including phenoxy) is 1. The van der Waals surface area contributed by atoms with Crippen LogP contribution in [0.25, 0.3) is 0 Å². The van der Waals surface area contributed by atoms with Crippen LogP contribution >= 0.6 is 23.2 Å². The van der Waals surface area contributed by atoms with Crippen molar-refractivity contribution in [2.24, 2.45) is 0 Å². The van der Waals surface area contributed by atoms with Gasteiger partial charge in [-0.2, -0.15) is 9.67 Å². The van der Waals surface area contributed by atoms with Crippen LogP contribution in [0.1, 0.15) is 21.5 Å². The molecular formula is C24H19Cl2F2N5O2. The van der Waals surface area contributed by atoms with Crippen LogP contribution in [0.15, 0.2) is 60.7 Å². The topological polar surface area (TPSA) is 81.1 Å². The summed E-state index contributed by atoms with van der Waals surface area (Å²) in [7, 11) is 1.52. The van der Waals surface area contributed by atoms with E-state index in [9.17, 15) is 13.6 Å². The lowest BCUT2D eigenvalue weighted by Crippen LogP contribution is -2.18. The number of hydrogen-bond donors (Lipinski definition) is 2. The molecule has 0 spiro atoms. The van der Waals surface area contributed by atoms with Crippen LogP contribution in [0.3, 0.4) is 0 Å². The fraction of sp³-hybridized carbons (Fsp3) is 0.125. The number of methoxy groups -OCH3 is 1. The quantitative estimate of drug-likeness (QED) is 0.308. The van der Waals surface area contributed by atoms with Crippen molar-refractivity contribution in [3.63, 3.8) is 0 Å². The molecule has 0 aliphatic carbocycles. The number of rotatable bonds is 8. The summed E-state index contributed by atoms with van der Waals surface area (Å²) in [5, 5.41) is 10.4. The molecule has 0 bridgehead atoms. The molecule has 0 amide bonds. The van der Waals surface area contributed by atoms with Crippen molar-refractivity contribution < 1.29 is 18.3 Å². The third kappa shape index (κ3) is 5.52. The van der Waals surface area contributed by atoms with Crippen molar-refractivity contribution in [3.05, 3.63) is 99.0 Å². The first-order valence-corrected chi connectivity index (χ1v) is 11.1. The number of hydrogen-bond acceptors (Lipinski definition) is 6. The number of nitrogens with zero attached hydrogens (tertiary/aromatic N) is 3. The van der Waals surface area contributed by atoms with Crippen LogP contribution in [0.4, 0.5) is 20.7 Å². The fourth-order valence-electron chi connectivity index (χ4n) is 3.24. The molecule has 11 heteroatoms. The maximum absolute atomic E-state index is 14.2. The summed E-state index contributed by atoms with van der Waals surface area (Å²) in [5.74, 6) is -0.854. The maximum atomic E-state index is 14.2. The zero-order valence-electron chi connectivity index (χ0n) is 18.4. The predicted octanol–water partition coefficient (Wildman–Crippen LogP) is 5.78. The van der Waals surface area contributed by atoms with Crippen molar-refractivity contribution in [2.45, 2.75) is 13.1 Å². The average Bonchev–Trinajstić information content (AvgIpc) is 3.26. The summed E-state index contributed by atoms with van der Waals surface area (Å²) >= 11 is 12.2. The zero-order chi connectivity index (χ0) is 24.9. The second kappa shape index (κ2) is 10.7. The second-order valence-corrected chi connectivity index (χ2v) is 8.13. The van der Waals surface area contributed by atoms with Crippen LogP contribution in [0, 0.1) is 11.6 Å². The normalized spacial score (nSPS) is 10.8. The highest BCUT2D eigenvalue weighted by atomic mass is 35.5. The summed E-state index contributed by atoms with van der Waals surface area (Å²) in [6, 6.07) is 15.1. The minimum absolute atomic E-state index is 0.0230. The molecule has 1 aromatic heterocycles. The van der Waals surface area contributed by atoms with Crippen molar-refractivity contribution in [1.29, 1.82) is 0 Å². The number of halogens is 4. The monoisotopic (exact) mass is 517 g/mol. The first-order chi connectivity index (χ1) is 16.9. The Balaban J connectivity index is 1.63. The van der Waals surface area contributed by atoms with Crippen molar-refractivity contribution in [1.82, 2.24) is 14.8 Å². The van der Waals surface area contributed by atoms with E-state index in [0.717, 1.165) is 4.68 Å². The molecule has 0 radical (unpaired) electrons. The molecule has 35 heavy (non-hydrogen) atoms. The van der Waals surface area contributed by atoms with E-state index in [1.54, 1.807) is 36.4 Å². The first kappa shape index (κ1) is 24.4. The van der Waals surface area contributed by atoms with Gasteiger partial charge >= 0.3 is 0 Å². The second-order valence-electron chi connectivity index (χ2n) is 7.31. The van der Waals surface area contributed by atoms with Crippen LogP contribution < -0.4 is 15.4 Å². The Labute approximate surface area is 209 Å². The molecule has 3 aromatic carbocycles. The van der Waals surface area contributed by atoms with Crippen molar-refractivity contribution in [3.8, 4) is 5.75 Å². The number of aromatic nitrogens is 3.